The van der Waals surface area contributed by atoms with Gasteiger partial charge in [-0.3, -0.25) is 10.1 Å². The molecule has 0 aliphatic heterocycles. The Balaban J connectivity index is 2.99. The number of alkyl halides is 3. The predicted molar refractivity (Wildman–Crippen MR) is 56.1 cm³/mol. The number of non-ortho nitro benzene ring substituents is 1. The Bertz CT molecular complexity index is 425. The normalized spacial score (nSPS) is 12.6. The molecule has 1 aromatic carbocycles. The number of hydrogen-bond acceptors (Lipinski definition) is 2. The lowest BCUT2D eigenvalue weighted by atomic mass is 10.2. The van der Waals surface area contributed by atoms with E-state index in [-0.39, 0.29) is 21.8 Å². The van der Waals surface area contributed by atoms with Crippen molar-refractivity contribution in [1.82, 2.24) is 0 Å². The lowest BCUT2D eigenvalue weighted by molar-refractivity contribution is -0.384. The van der Waals surface area contributed by atoms with Crippen LogP contribution in [0.15, 0.2) is 30.3 Å². The Kier molecular flexibility index (Phi) is 3.69. The number of nitrogens with zero attached hydrogens (tertiary/aromatic N) is 1. The molecule has 1 aromatic rings. The van der Waals surface area contributed by atoms with E-state index >= 15 is 0 Å². The van der Waals surface area contributed by atoms with E-state index in [1.165, 1.54) is 12.1 Å². The van der Waals surface area contributed by atoms with Gasteiger partial charge in [0.25, 0.3) is 5.69 Å². The van der Waals surface area contributed by atoms with E-state index in [2.05, 4.69) is 15.9 Å². The van der Waals surface area contributed by atoms with Crippen LogP contribution in [-0.2, 0) is 0 Å². The van der Waals surface area contributed by atoms with Crippen molar-refractivity contribution >= 4 is 26.1 Å². The highest BCUT2D eigenvalue weighted by atomic mass is 79.9. The average molecular weight is 296 g/mol. The summed E-state index contributed by atoms with van der Waals surface area (Å²) in [6, 6.07) is 4.76. The zero-order chi connectivity index (χ0) is 12.3. The van der Waals surface area contributed by atoms with E-state index in [1.807, 2.05) is 0 Å². The fourth-order valence-electron chi connectivity index (χ4n) is 0.969. The zero-order valence-electron chi connectivity index (χ0n) is 7.66. The molecule has 0 aromatic heterocycles. The Hall–Kier alpha value is -1.37. The molecule has 1 rings (SSSR count). The van der Waals surface area contributed by atoms with Crippen LogP contribution in [0, 0.1) is 10.1 Å². The Morgan fingerprint density at radius 2 is 1.81 bits per heavy atom. The lowest BCUT2D eigenvalue weighted by Crippen LogP contribution is -2.01. The quantitative estimate of drug-likeness (QED) is 0.613. The molecule has 0 radical (unpaired) electrons. The minimum absolute atomic E-state index is 0.0775. The van der Waals surface area contributed by atoms with Gasteiger partial charge in [-0.15, -0.1) is 0 Å². The largest absolute Gasteiger partial charge is 0.410 e. The summed E-state index contributed by atoms with van der Waals surface area (Å²) in [6.07, 6.45) is -4.35. The first kappa shape index (κ1) is 12.7. The number of nitro groups is 1. The fourth-order valence-corrected chi connectivity index (χ4v) is 1.49. The summed E-state index contributed by atoms with van der Waals surface area (Å²) in [5, 5.41) is 10.3. The van der Waals surface area contributed by atoms with E-state index in [0.717, 1.165) is 12.1 Å². The molecule has 0 saturated heterocycles. The molecular formula is C9H5BrF3NO2. The molecule has 16 heavy (non-hydrogen) atoms. The number of allylic oxidation sites excluding steroid dienone is 1. The molecule has 0 fully saturated rings. The molecule has 86 valence electrons. The summed E-state index contributed by atoms with van der Waals surface area (Å²) in [6.45, 7) is 0. The lowest BCUT2D eigenvalue weighted by Gasteiger charge is -2.02. The molecule has 0 spiro atoms. The number of rotatable bonds is 2. The van der Waals surface area contributed by atoms with Gasteiger partial charge >= 0.3 is 6.18 Å². The van der Waals surface area contributed by atoms with Crippen molar-refractivity contribution in [2.75, 3.05) is 0 Å². The van der Waals surface area contributed by atoms with Crippen LogP contribution in [0.5, 0.6) is 0 Å². The molecule has 0 saturated carbocycles. The van der Waals surface area contributed by atoms with Gasteiger partial charge in [0.05, 0.1) is 4.92 Å². The molecule has 0 amide bonds. The second-order valence-corrected chi connectivity index (χ2v) is 3.69. The maximum atomic E-state index is 12.0. The molecule has 3 nitrogen and oxygen atoms in total. The number of hydrogen-bond donors (Lipinski definition) is 0. The fraction of sp³-hybridized carbons (Fsp3) is 0.111. The van der Waals surface area contributed by atoms with Gasteiger partial charge in [-0.2, -0.15) is 13.2 Å². The van der Waals surface area contributed by atoms with Crippen molar-refractivity contribution in [3.05, 3.63) is 46.0 Å². The molecule has 0 aliphatic carbocycles. The molecule has 0 N–H and O–H groups in total. The Morgan fingerprint density at radius 3 is 2.19 bits per heavy atom. The van der Waals surface area contributed by atoms with Crippen LogP contribution in [0.4, 0.5) is 18.9 Å². The number of nitro benzene ring substituents is 1. The number of halogens is 4. The first-order valence-electron chi connectivity index (χ1n) is 3.99. The van der Waals surface area contributed by atoms with Crippen molar-refractivity contribution in [3.63, 3.8) is 0 Å². The third kappa shape index (κ3) is 3.65. The Morgan fingerprint density at radius 1 is 1.31 bits per heavy atom. The molecule has 0 aliphatic rings. The molecule has 0 atom stereocenters. The molecule has 7 heteroatoms. The van der Waals surface area contributed by atoms with Crippen LogP contribution in [0.3, 0.4) is 0 Å². The highest BCUT2D eigenvalue weighted by molar-refractivity contribution is 9.15. The Labute approximate surface area is 96.9 Å². The van der Waals surface area contributed by atoms with Gasteiger partial charge in [-0.05, 0) is 17.7 Å². The molecular weight excluding hydrogens is 291 g/mol. The standard InChI is InChI=1S/C9H5BrF3NO2/c10-8(5-9(11,12)13)6-1-3-7(4-2-6)14(15)16/h1-5H/b8-5-. The first-order valence-corrected chi connectivity index (χ1v) is 4.79. The third-order valence-corrected chi connectivity index (χ3v) is 2.33. The monoisotopic (exact) mass is 295 g/mol. The van der Waals surface area contributed by atoms with Gasteiger partial charge in [0.15, 0.2) is 0 Å². The maximum absolute atomic E-state index is 12.0. The van der Waals surface area contributed by atoms with E-state index in [9.17, 15) is 23.3 Å². The highest BCUT2D eigenvalue weighted by Crippen LogP contribution is 2.29. The van der Waals surface area contributed by atoms with Gasteiger partial charge < -0.3 is 0 Å². The third-order valence-electron chi connectivity index (χ3n) is 1.64. The summed E-state index contributed by atoms with van der Waals surface area (Å²) >= 11 is 2.75. The van der Waals surface area contributed by atoms with Crippen molar-refractivity contribution in [3.8, 4) is 0 Å². The van der Waals surface area contributed by atoms with Crippen LogP contribution < -0.4 is 0 Å². The van der Waals surface area contributed by atoms with Gasteiger partial charge in [0.1, 0.15) is 0 Å². The predicted octanol–water partition coefficient (Wildman–Crippen LogP) is 3.89. The molecule has 0 heterocycles. The van der Waals surface area contributed by atoms with Gasteiger partial charge in [-0.1, -0.05) is 15.9 Å². The molecule has 0 bridgehead atoms. The molecule has 0 unspecified atom stereocenters. The minimum atomic E-state index is -4.43. The second kappa shape index (κ2) is 4.65. The zero-order valence-corrected chi connectivity index (χ0v) is 9.25. The van der Waals surface area contributed by atoms with Gasteiger partial charge in [0, 0.05) is 22.7 Å². The van der Waals surface area contributed by atoms with E-state index in [1.54, 1.807) is 0 Å². The average Bonchev–Trinajstić information content (AvgIpc) is 2.15. The van der Waals surface area contributed by atoms with Crippen LogP contribution in [0.1, 0.15) is 5.56 Å². The van der Waals surface area contributed by atoms with E-state index in [4.69, 9.17) is 0 Å². The summed E-state index contributed by atoms with van der Waals surface area (Å²) in [5.41, 5.74) is 0.0546. The van der Waals surface area contributed by atoms with E-state index in [0.29, 0.717) is 0 Å². The smallest absolute Gasteiger partial charge is 0.258 e. The maximum Gasteiger partial charge on any atom is 0.410 e. The summed E-state index contributed by atoms with van der Waals surface area (Å²) < 4.78 is 35.8. The van der Waals surface area contributed by atoms with Crippen molar-refractivity contribution in [1.29, 1.82) is 0 Å². The second-order valence-electron chi connectivity index (χ2n) is 2.84. The van der Waals surface area contributed by atoms with Crippen LogP contribution in [0.2, 0.25) is 0 Å². The summed E-state index contributed by atoms with van der Waals surface area (Å²) in [7, 11) is 0. The SMILES string of the molecule is O=[N+]([O-])c1ccc(/C(Br)=C/C(F)(F)F)cc1. The van der Waals surface area contributed by atoms with Gasteiger partial charge in [0.2, 0.25) is 0 Å². The topological polar surface area (TPSA) is 43.1 Å². The van der Waals surface area contributed by atoms with Crippen LogP contribution in [-0.4, -0.2) is 11.1 Å². The summed E-state index contributed by atoms with van der Waals surface area (Å²) in [4.78, 5) is 9.69. The van der Waals surface area contributed by atoms with Crippen molar-refractivity contribution < 1.29 is 18.1 Å². The highest BCUT2D eigenvalue weighted by Gasteiger charge is 2.24. The van der Waals surface area contributed by atoms with Crippen molar-refractivity contribution in [2.45, 2.75) is 6.18 Å². The van der Waals surface area contributed by atoms with Crippen LogP contribution >= 0.6 is 15.9 Å². The minimum Gasteiger partial charge on any atom is -0.258 e. The van der Waals surface area contributed by atoms with Crippen molar-refractivity contribution in [2.24, 2.45) is 0 Å². The van der Waals surface area contributed by atoms with E-state index < -0.39 is 11.1 Å². The number of benzene rings is 1. The first-order chi connectivity index (χ1) is 7.29. The van der Waals surface area contributed by atoms with Crippen LogP contribution in [0.25, 0.3) is 4.48 Å². The van der Waals surface area contributed by atoms with Gasteiger partial charge in [-0.25, -0.2) is 0 Å². The summed E-state index contributed by atoms with van der Waals surface area (Å²) in [5.74, 6) is 0.